The second-order valence-electron chi connectivity index (χ2n) is 9.62. The summed E-state index contributed by atoms with van der Waals surface area (Å²) in [6.07, 6.45) is 5.09. The number of fused-ring (bicyclic) bond motifs is 6. The predicted octanol–water partition coefficient (Wildman–Crippen LogP) is 7.26. The van der Waals surface area contributed by atoms with Crippen LogP contribution in [-0.4, -0.2) is 35.9 Å². The average Bonchev–Trinajstić information content (AvgIpc) is 3.39. The van der Waals surface area contributed by atoms with Crippen LogP contribution in [0.15, 0.2) is 108 Å². The van der Waals surface area contributed by atoms with E-state index in [0.29, 0.717) is 17.1 Å². The Kier molecular flexibility index (Phi) is 5.49. The molecule has 0 radical (unpaired) electrons. The van der Waals surface area contributed by atoms with Gasteiger partial charge in [0.25, 0.3) is 0 Å². The average molecular weight is 522 g/mol. The molecule has 0 unspecified atom stereocenters. The molecule has 3 heterocycles. The maximum Gasteiger partial charge on any atom is 0.145 e. The maximum absolute atomic E-state index is 10.6. The number of aromatic hydroxyl groups is 2. The van der Waals surface area contributed by atoms with Gasteiger partial charge in [-0.15, -0.1) is 0 Å². The highest BCUT2D eigenvalue weighted by Gasteiger charge is 2.21. The molecular weight excluding hydrogens is 498 g/mol. The predicted molar refractivity (Wildman–Crippen MR) is 159 cm³/mol. The van der Waals surface area contributed by atoms with Crippen LogP contribution in [0.5, 0.6) is 11.5 Å². The Hall–Kier alpha value is -5.56. The minimum atomic E-state index is 0.0257. The summed E-state index contributed by atoms with van der Waals surface area (Å²) < 4.78 is 2.13. The van der Waals surface area contributed by atoms with Gasteiger partial charge in [0, 0.05) is 46.2 Å². The van der Waals surface area contributed by atoms with Crippen LogP contribution in [0.2, 0.25) is 0 Å². The lowest BCUT2D eigenvalue weighted by Gasteiger charge is -2.12. The molecular formula is C33H23N5O2. The number of hydrogen-bond acceptors (Lipinski definition) is 6. The summed E-state index contributed by atoms with van der Waals surface area (Å²) >= 11 is 0. The van der Waals surface area contributed by atoms with Crippen molar-refractivity contribution in [3.63, 3.8) is 0 Å². The number of phenolic OH excluding ortho intramolecular Hbond substituents is 2. The van der Waals surface area contributed by atoms with Crippen LogP contribution >= 0.6 is 0 Å². The molecule has 0 amide bonds. The number of nitrogens with zero attached hydrogens (tertiary/aromatic N) is 5. The van der Waals surface area contributed by atoms with Crippen molar-refractivity contribution in [3.8, 4) is 28.6 Å². The lowest BCUT2D eigenvalue weighted by molar-refractivity contribution is 0.474. The van der Waals surface area contributed by atoms with E-state index in [4.69, 9.17) is 9.97 Å². The minimum absolute atomic E-state index is 0.0257. The number of aromatic nitrogens is 4. The number of hydrogen-bond donors (Lipinski definition) is 2. The highest BCUT2D eigenvalue weighted by molar-refractivity contribution is 6.21. The number of benzene rings is 4. The minimum Gasteiger partial charge on any atom is -0.507 e. The second kappa shape index (κ2) is 9.32. The van der Waals surface area contributed by atoms with Gasteiger partial charge in [-0.05, 0) is 73.7 Å². The van der Waals surface area contributed by atoms with E-state index in [1.54, 1.807) is 42.7 Å². The monoisotopic (exact) mass is 521 g/mol. The summed E-state index contributed by atoms with van der Waals surface area (Å²) in [5, 5.41) is 22.7. The fourth-order valence-corrected chi connectivity index (χ4v) is 5.07. The van der Waals surface area contributed by atoms with Crippen molar-refractivity contribution in [2.45, 2.75) is 6.92 Å². The fraction of sp³-hybridized carbons (Fsp3) is 0.0303. The molecule has 0 saturated heterocycles. The Morgan fingerprint density at radius 2 is 1.45 bits per heavy atom. The van der Waals surface area contributed by atoms with Gasteiger partial charge in [-0.2, -0.15) is 0 Å². The number of aryl methyl sites for hydroxylation is 1. The fourth-order valence-electron chi connectivity index (χ4n) is 5.07. The van der Waals surface area contributed by atoms with E-state index in [0.717, 1.165) is 49.7 Å². The highest BCUT2D eigenvalue weighted by Crippen LogP contribution is 2.39. The van der Waals surface area contributed by atoms with Gasteiger partial charge < -0.3 is 10.2 Å². The van der Waals surface area contributed by atoms with E-state index >= 15 is 0 Å². The maximum atomic E-state index is 10.6. The SMILES string of the molecule is Cc1ccc(-n2c(-c3ccc(O)c(N=Cc4ccccc4O)c3)nc3c4cccnc4c4ncccc4c32)cc1. The van der Waals surface area contributed by atoms with Gasteiger partial charge in [-0.25, -0.2) is 4.98 Å². The van der Waals surface area contributed by atoms with Crippen LogP contribution in [0.3, 0.4) is 0 Å². The number of aliphatic imine (C=N–C) groups is 1. The Morgan fingerprint density at radius 1 is 0.725 bits per heavy atom. The number of para-hydroxylation sites is 1. The van der Waals surface area contributed by atoms with Gasteiger partial charge in [0.2, 0.25) is 0 Å². The Balaban J connectivity index is 1.53. The Morgan fingerprint density at radius 3 is 2.23 bits per heavy atom. The normalized spacial score (nSPS) is 11.7. The molecule has 0 spiro atoms. The van der Waals surface area contributed by atoms with Crippen molar-refractivity contribution in [3.05, 3.63) is 115 Å². The first-order chi connectivity index (χ1) is 19.6. The number of phenols is 2. The first kappa shape index (κ1) is 23.5. The molecule has 192 valence electrons. The first-order valence-electron chi connectivity index (χ1n) is 12.8. The summed E-state index contributed by atoms with van der Waals surface area (Å²) in [5.41, 5.74) is 7.13. The lowest BCUT2D eigenvalue weighted by atomic mass is 10.1. The summed E-state index contributed by atoms with van der Waals surface area (Å²) in [6.45, 7) is 2.06. The molecule has 7 rings (SSSR count). The van der Waals surface area contributed by atoms with E-state index in [2.05, 4.69) is 45.7 Å². The zero-order valence-corrected chi connectivity index (χ0v) is 21.5. The molecule has 7 heteroatoms. The Bertz CT molecular complexity index is 2100. The van der Waals surface area contributed by atoms with Crippen LogP contribution in [0.4, 0.5) is 5.69 Å². The van der Waals surface area contributed by atoms with Crippen LogP contribution in [0, 0.1) is 6.92 Å². The molecule has 0 bridgehead atoms. The third-order valence-electron chi connectivity index (χ3n) is 7.03. The number of pyridine rings is 2. The van der Waals surface area contributed by atoms with Crippen molar-refractivity contribution in [1.29, 1.82) is 0 Å². The smallest absolute Gasteiger partial charge is 0.145 e. The van der Waals surface area contributed by atoms with Gasteiger partial charge in [0.15, 0.2) is 0 Å². The van der Waals surface area contributed by atoms with Crippen molar-refractivity contribution >= 4 is 44.7 Å². The zero-order valence-electron chi connectivity index (χ0n) is 21.5. The quantitative estimate of drug-likeness (QED) is 0.188. The summed E-state index contributed by atoms with van der Waals surface area (Å²) in [4.78, 5) is 19.0. The largest absolute Gasteiger partial charge is 0.507 e. The van der Waals surface area contributed by atoms with Gasteiger partial charge in [-0.1, -0.05) is 29.8 Å². The summed E-state index contributed by atoms with van der Waals surface area (Å²) in [5.74, 6) is 0.834. The number of rotatable bonds is 4. The molecule has 0 atom stereocenters. The lowest BCUT2D eigenvalue weighted by Crippen LogP contribution is -1.98. The van der Waals surface area contributed by atoms with Gasteiger partial charge in [-0.3, -0.25) is 19.5 Å². The van der Waals surface area contributed by atoms with E-state index in [1.165, 1.54) is 6.21 Å². The summed E-state index contributed by atoms with van der Waals surface area (Å²) in [6, 6.07) is 28.4. The molecule has 3 aromatic heterocycles. The van der Waals surface area contributed by atoms with Crippen molar-refractivity contribution in [2.75, 3.05) is 0 Å². The highest BCUT2D eigenvalue weighted by atomic mass is 16.3. The molecule has 0 aliphatic heterocycles. The summed E-state index contributed by atoms with van der Waals surface area (Å²) in [7, 11) is 0. The van der Waals surface area contributed by atoms with Crippen molar-refractivity contribution in [2.24, 2.45) is 4.99 Å². The van der Waals surface area contributed by atoms with E-state index in [-0.39, 0.29) is 11.5 Å². The molecule has 40 heavy (non-hydrogen) atoms. The molecule has 7 nitrogen and oxygen atoms in total. The molecule has 0 saturated carbocycles. The number of imidazole rings is 1. The van der Waals surface area contributed by atoms with Crippen molar-refractivity contribution in [1.82, 2.24) is 19.5 Å². The molecule has 2 N–H and O–H groups in total. The van der Waals surface area contributed by atoms with E-state index in [9.17, 15) is 10.2 Å². The Labute approximate surface area is 229 Å². The molecule has 4 aromatic carbocycles. The third-order valence-corrected chi connectivity index (χ3v) is 7.03. The van der Waals surface area contributed by atoms with Crippen LogP contribution < -0.4 is 0 Å². The second-order valence-corrected chi connectivity index (χ2v) is 9.62. The van der Waals surface area contributed by atoms with Gasteiger partial charge in [0.05, 0.1) is 22.1 Å². The first-order valence-corrected chi connectivity index (χ1v) is 12.8. The van der Waals surface area contributed by atoms with E-state index in [1.807, 2.05) is 36.4 Å². The molecule has 0 aliphatic carbocycles. The van der Waals surface area contributed by atoms with E-state index < -0.39 is 0 Å². The zero-order chi connectivity index (χ0) is 27.2. The van der Waals surface area contributed by atoms with Gasteiger partial charge in [0.1, 0.15) is 23.0 Å². The molecule has 7 aromatic rings. The van der Waals surface area contributed by atoms with Gasteiger partial charge >= 0.3 is 0 Å². The van der Waals surface area contributed by atoms with Crippen LogP contribution in [0.1, 0.15) is 11.1 Å². The molecule has 0 aliphatic rings. The topological polar surface area (TPSA) is 96.4 Å². The van der Waals surface area contributed by atoms with Crippen LogP contribution in [-0.2, 0) is 0 Å². The molecule has 0 fully saturated rings. The van der Waals surface area contributed by atoms with Crippen LogP contribution in [0.25, 0.3) is 49.9 Å². The standard InChI is InChI=1S/C33H23N5O2/c1-20-10-13-23(14-11-20)38-32-25-8-5-17-35-30(25)29-24(7-4-16-34-29)31(32)37-33(38)21-12-15-28(40)26(18-21)36-19-22-6-2-3-9-27(22)39/h2-19,39-40H,1H3. The van der Waals surface area contributed by atoms with Crippen molar-refractivity contribution < 1.29 is 10.2 Å². The third kappa shape index (κ3) is 3.84.